The molecule has 1 aromatic carbocycles. The number of hydrogen-bond donors (Lipinski definition) is 2. The minimum absolute atomic E-state index is 0.123. The Labute approximate surface area is 94.4 Å². The highest BCUT2D eigenvalue weighted by atomic mass is 32.2. The SMILES string of the molecule is CS(=O)(=O)C(N)(Cc1ccccc1)C(N)=O. The molecule has 0 fully saturated rings. The van der Waals surface area contributed by atoms with Crippen LogP contribution in [0.5, 0.6) is 0 Å². The summed E-state index contributed by atoms with van der Waals surface area (Å²) in [4.78, 5) is 9.14. The first kappa shape index (κ1) is 12.7. The number of amides is 1. The molecule has 0 saturated carbocycles. The topological polar surface area (TPSA) is 103 Å². The van der Waals surface area contributed by atoms with Crippen molar-refractivity contribution in [1.29, 1.82) is 0 Å². The molecule has 6 heteroatoms. The zero-order chi connectivity index (χ0) is 12.4. The van der Waals surface area contributed by atoms with E-state index in [0.29, 0.717) is 5.56 Å². The summed E-state index contributed by atoms with van der Waals surface area (Å²) in [6, 6.07) is 8.63. The monoisotopic (exact) mass is 242 g/mol. The second-order valence-electron chi connectivity index (χ2n) is 3.69. The van der Waals surface area contributed by atoms with Crippen LogP contribution in [-0.4, -0.2) is 25.5 Å². The van der Waals surface area contributed by atoms with E-state index in [1.54, 1.807) is 30.3 Å². The van der Waals surface area contributed by atoms with Crippen molar-refractivity contribution in [2.75, 3.05) is 6.26 Å². The fourth-order valence-corrected chi connectivity index (χ4v) is 2.09. The summed E-state index contributed by atoms with van der Waals surface area (Å²) in [5, 5.41) is 0. The highest BCUT2D eigenvalue weighted by molar-refractivity contribution is 7.92. The second kappa shape index (κ2) is 4.23. The lowest BCUT2D eigenvalue weighted by Gasteiger charge is -2.23. The van der Waals surface area contributed by atoms with Gasteiger partial charge in [-0.1, -0.05) is 30.3 Å². The first-order valence-electron chi connectivity index (χ1n) is 4.59. The van der Waals surface area contributed by atoms with Gasteiger partial charge in [-0.2, -0.15) is 0 Å². The number of benzene rings is 1. The molecule has 1 unspecified atom stereocenters. The lowest BCUT2D eigenvalue weighted by Crippen LogP contribution is -2.59. The first-order valence-corrected chi connectivity index (χ1v) is 6.49. The molecule has 0 bridgehead atoms. The van der Waals surface area contributed by atoms with Gasteiger partial charge < -0.3 is 11.5 Å². The van der Waals surface area contributed by atoms with E-state index in [2.05, 4.69) is 0 Å². The Balaban J connectivity index is 3.13. The molecule has 88 valence electrons. The molecule has 1 atom stereocenters. The largest absolute Gasteiger partial charge is 0.367 e. The van der Waals surface area contributed by atoms with Gasteiger partial charge in [-0.05, 0) is 5.56 Å². The molecule has 4 N–H and O–H groups in total. The highest BCUT2D eigenvalue weighted by Crippen LogP contribution is 2.16. The Morgan fingerprint density at radius 1 is 1.31 bits per heavy atom. The molecule has 1 aromatic rings. The van der Waals surface area contributed by atoms with Gasteiger partial charge in [0, 0.05) is 12.7 Å². The van der Waals surface area contributed by atoms with Crippen LogP contribution >= 0.6 is 0 Å². The summed E-state index contributed by atoms with van der Waals surface area (Å²) in [6.45, 7) is 0. The van der Waals surface area contributed by atoms with Gasteiger partial charge in [0.15, 0.2) is 9.84 Å². The number of sulfone groups is 1. The first-order chi connectivity index (χ1) is 7.27. The van der Waals surface area contributed by atoms with Crippen LogP contribution in [0.2, 0.25) is 0 Å². The van der Waals surface area contributed by atoms with E-state index in [-0.39, 0.29) is 6.42 Å². The minimum atomic E-state index is -3.76. The van der Waals surface area contributed by atoms with E-state index in [1.165, 1.54) is 0 Å². The molecule has 0 heterocycles. The van der Waals surface area contributed by atoms with Crippen molar-refractivity contribution < 1.29 is 13.2 Å². The van der Waals surface area contributed by atoms with Gasteiger partial charge in [-0.3, -0.25) is 4.79 Å². The molecule has 0 saturated heterocycles. The molecule has 0 aliphatic carbocycles. The van der Waals surface area contributed by atoms with Crippen LogP contribution < -0.4 is 11.5 Å². The zero-order valence-corrected chi connectivity index (χ0v) is 9.70. The summed E-state index contributed by atoms with van der Waals surface area (Å²) in [5.74, 6) is -1.04. The maximum atomic E-state index is 11.5. The van der Waals surface area contributed by atoms with E-state index >= 15 is 0 Å². The van der Waals surface area contributed by atoms with E-state index < -0.39 is 20.6 Å². The molecular weight excluding hydrogens is 228 g/mol. The Hall–Kier alpha value is -1.40. The normalized spacial score (nSPS) is 15.4. The van der Waals surface area contributed by atoms with Gasteiger partial charge in [0.1, 0.15) is 0 Å². The van der Waals surface area contributed by atoms with Crippen LogP contribution in [0.4, 0.5) is 0 Å². The molecule has 0 radical (unpaired) electrons. The number of nitrogens with two attached hydrogens (primary N) is 2. The molecule has 0 spiro atoms. The average molecular weight is 242 g/mol. The molecule has 1 rings (SSSR count). The van der Waals surface area contributed by atoms with Gasteiger partial charge in [-0.15, -0.1) is 0 Å². The number of hydrogen-bond acceptors (Lipinski definition) is 4. The second-order valence-corrected chi connectivity index (χ2v) is 5.96. The molecule has 0 aliphatic rings. The summed E-state index contributed by atoms with van der Waals surface area (Å²) in [5.41, 5.74) is 11.3. The number of carbonyl (C=O) groups excluding carboxylic acids is 1. The highest BCUT2D eigenvalue weighted by Gasteiger charge is 2.42. The van der Waals surface area contributed by atoms with Crippen LogP contribution in [0.25, 0.3) is 0 Å². The third-order valence-electron chi connectivity index (χ3n) is 2.39. The van der Waals surface area contributed by atoms with Crippen molar-refractivity contribution in [3.05, 3.63) is 35.9 Å². The fraction of sp³-hybridized carbons (Fsp3) is 0.300. The number of rotatable bonds is 4. The Bertz CT molecular complexity index is 484. The fourth-order valence-electron chi connectivity index (χ4n) is 1.30. The lowest BCUT2D eigenvalue weighted by molar-refractivity contribution is -0.120. The molecule has 16 heavy (non-hydrogen) atoms. The standard InChI is InChI=1S/C10H14N2O3S/c1-16(14,15)10(12,9(11)13)7-8-5-3-2-4-6-8/h2-6H,7,12H2,1H3,(H2,11,13). The molecular formula is C10H14N2O3S. The van der Waals surface area contributed by atoms with Crippen LogP contribution in [-0.2, 0) is 21.1 Å². The predicted octanol–water partition coefficient (Wildman–Crippen LogP) is -0.586. The van der Waals surface area contributed by atoms with Crippen molar-refractivity contribution in [2.24, 2.45) is 11.5 Å². The number of carbonyl (C=O) groups is 1. The Morgan fingerprint density at radius 2 is 1.81 bits per heavy atom. The van der Waals surface area contributed by atoms with Crippen molar-refractivity contribution in [1.82, 2.24) is 0 Å². The Kier molecular flexibility index (Phi) is 3.35. The van der Waals surface area contributed by atoms with Gasteiger partial charge in [0.05, 0.1) is 0 Å². The van der Waals surface area contributed by atoms with Gasteiger partial charge >= 0.3 is 0 Å². The van der Waals surface area contributed by atoms with Crippen LogP contribution in [0.15, 0.2) is 30.3 Å². The van der Waals surface area contributed by atoms with Crippen LogP contribution in [0, 0.1) is 0 Å². The van der Waals surface area contributed by atoms with E-state index in [1.807, 2.05) is 0 Å². The van der Waals surface area contributed by atoms with Crippen molar-refractivity contribution in [3.8, 4) is 0 Å². The van der Waals surface area contributed by atoms with Gasteiger partial charge in [0.2, 0.25) is 4.87 Å². The summed E-state index contributed by atoms with van der Waals surface area (Å²) < 4.78 is 22.9. The average Bonchev–Trinajstić information content (AvgIpc) is 2.17. The molecule has 1 amide bonds. The lowest BCUT2D eigenvalue weighted by atomic mass is 10.1. The van der Waals surface area contributed by atoms with Gasteiger partial charge in [0.25, 0.3) is 5.91 Å². The number of primary amides is 1. The third-order valence-corrected chi connectivity index (χ3v) is 4.06. The minimum Gasteiger partial charge on any atom is -0.367 e. The van der Waals surface area contributed by atoms with Crippen LogP contribution in [0.3, 0.4) is 0 Å². The summed E-state index contributed by atoms with van der Waals surface area (Å²) >= 11 is 0. The van der Waals surface area contributed by atoms with E-state index in [0.717, 1.165) is 6.26 Å². The quantitative estimate of drug-likeness (QED) is 0.736. The third kappa shape index (κ3) is 2.40. The van der Waals surface area contributed by atoms with E-state index in [4.69, 9.17) is 11.5 Å². The molecule has 0 aromatic heterocycles. The molecule has 5 nitrogen and oxygen atoms in total. The Morgan fingerprint density at radius 3 is 2.19 bits per heavy atom. The van der Waals surface area contributed by atoms with Crippen LogP contribution in [0.1, 0.15) is 5.56 Å². The maximum absolute atomic E-state index is 11.5. The smallest absolute Gasteiger partial charge is 0.253 e. The maximum Gasteiger partial charge on any atom is 0.253 e. The van der Waals surface area contributed by atoms with Crippen molar-refractivity contribution in [3.63, 3.8) is 0 Å². The predicted molar refractivity (Wildman–Crippen MR) is 61.1 cm³/mol. The van der Waals surface area contributed by atoms with Crippen molar-refractivity contribution in [2.45, 2.75) is 11.3 Å². The summed E-state index contributed by atoms with van der Waals surface area (Å²) in [6.07, 6.45) is 0.780. The van der Waals surface area contributed by atoms with Gasteiger partial charge in [-0.25, -0.2) is 8.42 Å². The summed E-state index contributed by atoms with van der Waals surface area (Å²) in [7, 11) is -3.76. The zero-order valence-electron chi connectivity index (χ0n) is 8.88. The van der Waals surface area contributed by atoms with E-state index in [9.17, 15) is 13.2 Å². The van der Waals surface area contributed by atoms with Crippen molar-refractivity contribution >= 4 is 15.7 Å². The molecule has 0 aliphatic heterocycles.